The number of carbonyl (C=O) groups excluding carboxylic acids is 3. The predicted octanol–water partition coefficient (Wildman–Crippen LogP) is 3.08. The molecule has 2 amide bonds. The first-order chi connectivity index (χ1) is 18.1. The Bertz CT molecular complexity index is 1380. The molecule has 38 heavy (non-hydrogen) atoms. The molecule has 1 saturated heterocycles. The van der Waals surface area contributed by atoms with E-state index in [0.29, 0.717) is 24.2 Å². The van der Waals surface area contributed by atoms with Crippen LogP contribution >= 0.6 is 0 Å². The second-order valence-electron chi connectivity index (χ2n) is 9.74. The number of oxazole rings is 1. The SMILES string of the molecule is CCC(NC(=O)C(C)(CC(=O)N1CCCCC1)S(=O)(=O)Cc1ccccc1)C(=O)c1nc2ncccc2o1. The van der Waals surface area contributed by atoms with Crippen molar-refractivity contribution >= 4 is 38.7 Å². The van der Waals surface area contributed by atoms with E-state index in [0.717, 1.165) is 19.3 Å². The molecule has 4 rings (SSSR count). The van der Waals surface area contributed by atoms with Gasteiger partial charge in [-0.25, -0.2) is 13.4 Å². The van der Waals surface area contributed by atoms with Gasteiger partial charge in [0.2, 0.25) is 17.6 Å². The number of Topliss-reactive ketones (excluding diaryl/α,β-unsaturated/α-hetero) is 1. The second-order valence-corrected chi connectivity index (χ2v) is 12.2. The van der Waals surface area contributed by atoms with E-state index in [9.17, 15) is 22.8 Å². The van der Waals surface area contributed by atoms with Crippen LogP contribution in [0.1, 0.15) is 62.2 Å². The molecule has 0 radical (unpaired) electrons. The molecule has 0 spiro atoms. The summed E-state index contributed by atoms with van der Waals surface area (Å²) in [6, 6.07) is 10.6. The number of pyridine rings is 1. The van der Waals surface area contributed by atoms with Crippen LogP contribution in [0, 0.1) is 0 Å². The van der Waals surface area contributed by atoms with Gasteiger partial charge in [0.25, 0.3) is 5.89 Å². The lowest BCUT2D eigenvalue weighted by molar-refractivity contribution is -0.135. The smallest absolute Gasteiger partial charge is 0.268 e. The average molecular weight is 541 g/mol. The van der Waals surface area contributed by atoms with Crippen molar-refractivity contribution in [2.24, 2.45) is 0 Å². The Morgan fingerprint density at radius 2 is 1.79 bits per heavy atom. The monoisotopic (exact) mass is 540 g/mol. The summed E-state index contributed by atoms with van der Waals surface area (Å²) in [5.74, 6) is -2.57. The number of piperidine rings is 1. The highest BCUT2D eigenvalue weighted by molar-refractivity contribution is 7.92. The van der Waals surface area contributed by atoms with Crippen molar-refractivity contribution in [3.8, 4) is 0 Å². The Morgan fingerprint density at radius 1 is 1.08 bits per heavy atom. The Kier molecular flexibility index (Phi) is 8.25. The molecule has 1 aromatic carbocycles. The summed E-state index contributed by atoms with van der Waals surface area (Å²) >= 11 is 0. The van der Waals surface area contributed by atoms with E-state index in [1.54, 1.807) is 54.3 Å². The van der Waals surface area contributed by atoms with E-state index in [4.69, 9.17) is 4.42 Å². The van der Waals surface area contributed by atoms with Crippen LogP contribution in [0.3, 0.4) is 0 Å². The minimum atomic E-state index is -4.19. The van der Waals surface area contributed by atoms with Gasteiger partial charge in [-0.2, -0.15) is 4.98 Å². The lowest BCUT2D eigenvalue weighted by Gasteiger charge is -2.33. The zero-order valence-corrected chi connectivity index (χ0v) is 22.4. The van der Waals surface area contributed by atoms with Crippen molar-refractivity contribution in [3.63, 3.8) is 0 Å². The molecular formula is C27H32N4O6S. The van der Waals surface area contributed by atoms with Gasteiger partial charge >= 0.3 is 0 Å². The number of hydrogen-bond acceptors (Lipinski definition) is 8. The van der Waals surface area contributed by atoms with Crippen molar-refractivity contribution in [1.29, 1.82) is 0 Å². The van der Waals surface area contributed by atoms with Crippen LogP contribution in [0.5, 0.6) is 0 Å². The highest BCUT2D eigenvalue weighted by atomic mass is 32.2. The van der Waals surface area contributed by atoms with Crippen LogP contribution in [-0.4, -0.2) is 64.8 Å². The number of hydrogen-bond donors (Lipinski definition) is 1. The number of ketones is 1. The van der Waals surface area contributed by atoms with E-state index in [2.05, 4.69) is 15.3 Å². The number of carbonyl (C=O) groups is 3. The average Bonchev–Trinajstić information content (AvgIpc) is 3.36. The zero-order chi connectivity index (χ0) is 27.3. The summed E-state index contributed by atoms with van der Waals surface area (Å²) in [7, 11) is -4.19. The van der Waals surface area contributed by atoms with Crippen molar-refractivity contribution in [2.75, 3.05) is 13.1 Å². The molecule has 1 fully saturated rings. The molecule has 3 aromatic rings. The highest BCUT2D eigenvalue weighted by Crippen LogP contribution is 2.29. The van der Waals surface area contributed by atoms with Crippen LogP contribution in [0.4, 0.5) is 0 Å². The molecule has 1 aliphatic rings. The zero-order valence-electron chi connectivity index (χ0n) is 21.6. The van der Waals surface area contributed by atoms with Gasteiger partial charge in [-0.3, -0.25) is 14.4 Å². The Labute approximate surface area is 221 Å². The lowest BCUT2D eigenvalue weighted by atomic mass is 10.0. The molecule has 0 aliphatic carbocycles. The van der Waals surface area contributed by atoms with Crippen molar-refractivity contribution < 1.29 is 27.2 Å². The summed E-state index contributed by atoms with van der Waals surface area (Å²) in [6.45, 7) is 4.00. The molecule has 2 atom stereocenters. The third kappa shape index (κ3) is 5.77. The Morgan fingerprint density at radius 3 is 2.45 bits per heavy atom. The number of likely N-dealkylation sites (tertiary alicyclic amines) is 1. The molecule has 3 heterocycles. The van der Waals surface area contributed by atoms with Gasteiger partial charge < -0.3 is 14.6 Å². The molecule has 202 valence electrons. The van der Waals surface area contributed by atoms with Gasteiger partial charge in [-0.05, 0) is 50.3 Å². The van der Waals surface area contributed by atoms with E-state index in [1.165, 1.54) is 13.1 Å². The molecule has 11 heteroatoms. The maximum absolute atomic E-state index is 13.8. The predicted molar refractivity (Wildman–Crippen MR) is 141 cm³/mol. The fourth-order valence-corrected chi connectivity index (χ4v) is 6.15. The van der Waals surface area contributed by atoms with Crippen LogP contribution in [0.2, 0.25) is 0 Å². The largest absolute Gasteiger partial charge is 0.432 e. The number of rotatable bonds is 10. The quantitative estimate of drug-likeness (QED) is 0.387. The van der Waals surface area contributed by atoms with Crippen LogP contribution in [0.25, 0.3) is 11.2 Å². The summed E-state index contributed by atoms with van der Waals surface area (Å²) in [4.78, 5) is 49.9. The number of benzene rings is 1. The number of sulfone groups is 1. The minimum Gasteiger partial charge on any atom is -0.432 e. The fraction of sp³-hybridized carbons (Fsp3) is 0.444. The van der Waals surface area contributed by atoms with Gasteiger partial charge in [0.15, 0.2) is 25.8 Å². The topological polar surface area (TPSA) is 140 Å². The van der Waals surface area contributed by atoms with E-state index < -0.39 is 50.4 Å². The fourth-order valence-electron chi connectivity index (χ4n) is 4.52. The highest BCUT2D eigenvalue weighted by Gasteiger charge is 2.49. The van der Waals surface area contributed by atoms with Gasteiger partial charge in [-0.15, -0.1) is 0 Å². The number of nitrogens with zero attached hydrogens (tertiary/aromatic N) is 3. The van der Waals surface area contributed by atoms with Gasteiger partial charge in [0.1, 0.15) is 0 Å². The van der Waals surface area contributed by atoms with Crippen molar-refractivity contribution in [3.05, 3.63) is 60.1 Å². The van der Waals surface area contributed by atoms with Crippen LogP contribution < -0.4 is 5.32 Å². The number of fused-ring (bicyclic) bond motifs is 1. The molecule has 0 saturated carbocycles. The molecule has 2 aromatic heterocycles. The Hall–Kier alpha value is -3.60. The van der Waals surface area contributed by atoms with Crippen LogP contribution in [0.15, 0.2) is 53.1 Å². The van der Waals surface area contributed by atoms with E-state index in [1.807, 2.05) is 0 Å². The van der Waals surface area contributed by atoms with Crippen LogP contribution in [-0.2, 0) is 25.2 Å². The second kappa shape index (κ2) is 11.4. The van der Waals surface area contributed by atoms with Gasteiger partial charge in [0, 0.05) is 19.3 Å². The maximum atomic E-state index is 13.8. The third-order valence-electron chi connectivity index (χ3n) is 6.97. The Balaban J connectivity index is 1.61. The summed E-state index contributed by atoms with van der Waals surface area (Å²) in [5.41, 5.74) is 1.07. The molecular weight excluding hydrogens is 508 g/mol. The first-order valence-corrected chi connectivity index (χ1v) is 14.4. The van der Waals surface area contributed by atoms with Crippen molar-refractivity contribution in [1.82, 2.24) is 20.2 Å². The first-order valence-electron chi connectivity index (χ1n) is 12.8. The van der Waals surface area contributed by atoms with Gasteiger partial charge in [-0.1, -0.05) is 37.3 Å². The number of amides is 2. The summed E-state index contributed by atoms with van der Waals surface area (Å²) < 4.78 is 30.9. The maximum Gasteiger partial charge on any atom is 0.268 e. The van der Waals surface area contributed by atoms with E-state index >= 15 is 0 Å². The molecule has 1 aliphatic heterocycles. The molecule has 1 N–H and O–H groups in total. The molecule has 2 unspecified atom stereocenters. The third-order valence-corrected chi connectivity index (χ3v) is 9.39. The van der Waals surface area contributed by atoms with Crippen molar-refractivity contribution in [2.45, 2.75) is 62.5 Å². The summed E-state index contributed by atoms with van der Waals surface area (Å²) in [6.07, 6.45) is 3.81. The van der Waals surface area contributed by atoms with E-state index in [-0.39, 0.29) is 18.0 Å². The number of aromatic nitrogens is 2. The minimum absolute atomic E-state index is 0.158. The molecule has 10 nitrogen and oxygen atoms in total. The number of nitrogens with one attached hydrogen (secondary N) is 1. The standard InChI is InChI=1S/C27H32N4O6S/c1-3-20(23(33)25-30-24-21(37-25)13-10-14-28-24)29-26(34)27(2,17-22(32)31-15-8-5-9-16-31)38(35,36)18-19-11-6-4-7-12-19/h4,6-7,10-14,20H,3,5,8-9,15-18H2,1-2H3,(H,29,34). The lowest BCUT2D eigenvalue weighted by Crippen LogP contribution is -2.57. The molecule has 0 bridgehead atoms. The first kappa shape index (κ1) is 27.4. The summed E-state index contributed by atoms with van der Waals surface area (Å²) in [5, 5.41) is 2.59. The van der Waals surface area contributed by atoms with Gasteiger partial charge in [0.05, 0.1) is 18.2 Å². The normalized spacial score (nSPS) is 16.5.